The topological polar surface area (TPSA) is 87.4 Å². The monoisotopic (exact) mass is 435 g/mol. The number of fused-ring (bicyclic) bond motifs is 1. The molecule has 0 bridgehead atoms. The van der Waals surface area contributed by atoms with Gasteiger partial charge in [-0.3, -0.25) is 9.59 Å². The highest BCUT2D eigenvalue weighted by molar-refractivity contribution is 6.07. The maximum Gasteiger partial charge on any atom is 0.573 e. The zero-order valence-corrected chi connectivity index (χ0v) is 16.6. The minimum Gasteiger partial charge on any atom is -0.490 e. The number of halogens is 3. The summed E-state index contributed by atoms with van der Waals surface area (Å²) < 4.78 is 46.4. The largest absolute Gasteiger partial charge is 0.573 e. The highest BCUT2D eigenvalue weighted by Crippen LogP contribution is 2.27. The second-order valence-corrected chi connectivity index (χ2v) is 7.38. The van der Waals surface area contributed by atoms with Gasteiger partial charge in [-0.2, -0.15) is 0 Å². The SMILES string of the molecule is Cc1c[nH]c(=O)c2c(C(=O)N3CCC(Oc4ccc(OC(F)(F)F)cc4)CC3)c[nH]c12. The van der Waals surface area contributed by atoms with Gasteiger partial charge in [0.05, 0.1) is 16.5 Å². The lowest BCUT2D eigenvalue weighted by atomic mass is 10.1. The third-order valence-electron chi connectivity index (χ3n) is 5.24. The van der Waals surface area contributed by atoms with Gasteiger partial charge in [0.15, 0.2) is 0 Å². The van der Waals surface area contributed by atoms with Gasteiger partial charge in [-0.15, -0.1) is 13.2 Å². The van der Waals surface area contributed by atoms with E-state index >= 15 is 0 Å². The molecule has 3 aromatic rings. The van der Waals surface area contributed by atoms with Gasteiger partial charge in [0.1, 0.15) is 17.6 Å². The fraction of sp³-hybridized carbons (Fsp3) is 0.333. The van der Waals surface area contributed by atoms with Crippen LogP contribution >= 0.6 is 0 Å². The number of aryl methyl sites for hydroxylation is 1. The number of ether oxygens (including phenoxy) is 2. The van der Waals surface area contributed by atoms with Crippen LogP contribution in [0, 0.1) is 6.92 Å². The zero-order chi connectivity index (χ0) is 22.2. The van der Waals surface area contributed by atoms with E-state index in [9.17, 15) is 22.8 Å². The summed E-state index contributed by atoms with van der Waals surface area (Å²) in [6.45, 7) is 2.72. The number of hydrogen-bond acceptors (Lipinski definition) is 4. The van der Waals surface area contributed by atoms with Crippen LogP contribution in [0.4, 0.5) is 13.2 Å². The Morgan fingerprint density at radius 2 is 1.71 bits per heavy atom. The molecule has 2 N–H and O–H groups in total. The Morgan fingerprint density at radius 3 is 2.35 bits per heavy atom. The Hall–Kier alpha value is -3.43. The standard InChI is InChI=1S/C21H20F3N3O4/c1-12-10-26-19(28)17-16(11-25-18(12)17)20(29)27-8-6-14(7-9-27)30-13-2-4-15(5-3-13)31-21(22,23)24/h2-5,10-11,14,25H,6-9H2,1H3,(H,26,28). The van der Waals surface area contributed by atoms with Crippen LogP contribution in [0.25, 0.3) is 10.9 Å². The lowest BCUT2D eigenvalue weighted by Gasteiger charge is -2.32. The Morgan fingerprint density at radius 1 is 1.06 bits per heavy atom. The van der Waals surface area contributed by atoms with Gasteiger partial charge in [0.2, 0.25) is 0 Å². The van der Waals surface area contributed by atoms with Crippen LogP contribution in [0.15, 0.2) is 41.5 Å². The molecule has 0 unspecified atom stereocenters. The number of piperidine rings is 1. The van der Waals surface area contributed by atoms with E-state index < -0.39 is 6.36 Å². The summed E-state index contributed by atoms with van der Waals surface area (Å²) in [5.74, 6) is -0.114. The first-order valence-electron chi connectivity index (χ1n) is 9.72. The maximum atomic E-state index is 13.0. The van der Waals surface area contributed by atoms with E-state index in [1.807, 2.05) is 6.92 Å². The molecule has 10 heteroatoms. The molecule has 1 fully saturated rings. The van der Waals surface area contributed by atoms with Crippen LogP contribution < -0.4 is 15.0 Å². The summed E-state index contributed by atoms with van der Waals surface area (Å²) in [6, 6.07) is 5.22. The average Bonchev–Trinajstić information content (AvgIpc) is 3.18. The molecule has 2 aromatic heterocycles. The molecule has 31 heavy (non-hydrogen) atoms. The first-order valence-corrected chi connectivity index (χ1v) is 9.72. The number of carbonyl (C=O) groups is 1. The summed E-state index contributed by atoms with van der Waals surface area (Å²) in [4.78, 5) is 32.5. The average molecular weight is 435 g/mol. The fourth-order valence-electron chi connectivity index (χ4n) is 3.72. The van der Waals surface area contributed by atoms with Crippen molar-refractivity contribution in [3.63, 3.8) is 0 Å². The predicted molar refractivity (Wildman–Crippen MR) is 106 cm³/mol. The zero-order valence-electron chi connectivity index (χ0n) is 16.6. The number of likely N-dealkylation sites (tertiary alicyclic amines) is 1. The lowest BCUT2D eigenvalue weighted by molar-refractivity contribution is -0.274. The van der Waals surface area contributed by atoms with Crippen molar-refractivity contribution in [2.75, 3.05) is 13.1 Å². The predicted octanol–water partition coefficient (Wildman–Crippen LogP) is 3.75. The molecule has 4 rings (SSSR count). The minimum atomic E-state index is -4.74. The molecule has 0 atom stereocenters. The van der Waals surface area contributed by atoms with E-state index in [-0.39, 0.29) is 23.3 Å². The first kappa shape index (κ1) is 20.8. The van der Waals surface area contributed by atoms with Crippen molar-refractivity contribution in [3.8, 4) is 11.5 Å². The highest BCUT2D eigenvalue weighted by Gasteiger charge is 2.31. The number of carbonyl (C=O) groups excluding carboxylic acids is 1. The van der Waals surface area contributed by atoms with E-state index in [2.05, 4.69) is 14.7 Å². The number of nitrogens with zero attached hydrogens (tertiary/aromatic N) is 1. The fourth-order valence-corrected chi connectivity index (χ4v) is 3.72. The normalized spacial score (nSPS) is 15.3. The van der Waals surface area contributed by atoms with Gasteiger partial charge in [-0.25, -0.2) is 0 Å². The molecule has 7 nitrogen and oxygen atoms in total. The van der Waals surface area contributed by atoms with Gasteiger partial charge in [0.25, 0.3) is 11.5 Å². The molecule has 1 aliphatic heterocycles. The van der Waals surface area contributed by atoms with Crippen LogP contribution in [0.2, 0.25) is 0 Å². The van der Waals surface area contributed by atoms with E-state index in [1.165, 1.54) is 24.3 Å². The second-order valence-electron chi connectivity index (χ2n) is 7.38. The van der Waals surface area contributed by atoms with Crippen molar-refractivity contribution in [3.05, 3.63) is 58.1 Å². The van der Waals surface area contributed by atoms with Crippen LogP contribution in [0.5, 0.6) is 11.5 Å². The number of alkyl halides is 3. The summed E-state index contributed by atoms with van der Waals surface area (Å²) in [7, 11) is 0. The Bertz CT molecular complexity index is 1140. The molecule has 1 aliphatic rings. The Labute approximate surface area is 174 Å². The molecule has 0 radical (unpaired) electrons. The molecule has 1 saturated heterocycles. The number of aromatic nitrogens is 2. The number of hydrogen-bond donors (Lipinski definition) is 2. The summed E-state index contributed by atoms with van der Waals surface area (Å²) in [5.41, 5.74) is 1.50. The van der Waals surface area contributed by atoms with Gasteiger partial charge in [0, 0.05) is 38.3 Å². The number of rotatable bonds is 4. The number of aromatic amines is 2. The molecule has 0 saturated carbocycles. The van der Waals surface area contributed by atoms with Gasteiger partial charge in [-0.05, 0) is 36.8 Å². The summed E-state index contributed by atoms with van der Waals surface area (Å²) in [5, 5.41) is 0.351. The molecule has 0 spiro atoms. The number of pyridine rings is 1. The van der Waals surface area contributed by atoms with E-state index in [0.717, 1.165) is 5.56 Å². The molecule has 1 aromatic carbocycles. The second kappa shape index (κ2) is 8.01. The molecule has 1 amide bonds. The van der Waals surface area contributed by atoms with Crippen molar-refractivity contribution in [1.82, 2.24) is 14.9 Å². The van der Waals surface area contributed by atoms with Crippen molar-refractivity contribution >= 4 is 16.8 Å². The van der Waals surface area contributed by atoms with Gasteiger partial charge >= 0.3 is 6.36 Å². The van der Waals surface area contributed by atoms with Crippen LogP contribution in [-0.4, -0.2) is 46.3 Å². The van der Waals surface area contributed by atoms with E-state index in [4.69, 9.17) is 4.74 Å². The molecule has 0 aliphatic carbocycles. The van der Waals surface area contributed by atoms with Crippen molar-refractivity contribution in [1.29, 1.82) is 0 Å². The third kappa shape index (κ3) is 4.52. The highest BCUT2D eigenvalue weighted by atomic mass is 19.4. The molecular weight excluding hydrogens is 415 g/mol. The smallest absolute Gasteiger partial charge is 0.490 e. The van der Waals surface area contributed by atoms with Crippen LogP contribution in [-0.2, 0) is 0 Å². The van der Waals surface area contributed by atoms with Gasteiger partial charge in [-0.1, -0.05) is 0 Å². The molecule has 3 heterocycles. The van der Waals surface area contributed by atoms with Crippen molar-refractivity contribution in [2.45, 2.75) is 32.2 Å². The van der Waals surface area contributed by atoms with Crippen molar-refractivity contribution in [2.24, 2.45) is 0 Å². The van der Waals surface area contributed by atoms with Crippen LogP contribution in [0.3, 0.4) is 0 Å². The maximum absolute atomic E-state index is 13.0. The quantitative estimate of drug-likeness (QED) is 0.654. The Balaban J connectivity index is 1.37. The summed E-state index contributed by atoms with van der Waals surface area (Å²) in [6.07, 6.45) is -0.639. The first-order chi connectivity index (χ1) is 14.7. The minimum absolute atomic E-state index is 0.174. The number of H-pyrrole nitrogens is 2. The van der Waals surface area contributed by atoms with E-state index in [0.29, 0.717) is 48.1 Å². The van der Waals surface area contributed by atoms with E-state index in [1.54, 1.807) is 17.3 Å². The molecule has 164 valence electrons. The molecular formula is C21H20F3N3O4. The number of nitrogens with one attached hydrogen (secondary N) is 2. The third-order valence-corrected chi connectivity index (χ3v) is 5.24. The lowest BCUT2D eigenvalue weighted by Crippen LogP contribution is -2.41. The number of benzene rings is 1. The number of amides is 1. The summed E-state index contributed by atoms with van der Waals surface area (Å²) >= 11 is 0. The Kier molecular flexibility index (Phi) is 5.38. The van der Waals surface area contributed by atoms with Crippen molar-refractivity contribution < 1.29 is 27.4 Å². The van der Waals surface area contributed by atoms with Gasteiger partial charge < -0.3 is 24.3 Å². The van der Waals surface area contributed by atoms with Crippen LogP contribution in [0.1, 0.15) is 28.8 Å².